The number of aryl methyl sites for hydroxylation is 1. The number of hydrogen-bond acceptors (Lipinski definition) is 2. The summed E-state index contributed by atoms with van der Waals surface area (Å²) in [5.41, 5.74) is 0. The molecule has 3 nitrogen and oxygen atoms in total. The maximum absolute atomic E-state index is 5.99. The highest BCUT2D eigenvalue weighted by Gasteiger charge is 2.22. The molecule has 0 aliphatic heterocycles. The van der Waals surface area contributed by atoms with Crippen molar-refractivity contribution in [3.63, 3.8) is 0 Å². The summed E-state index contributed by atoms with van der Waals surface area (Å²) in [7, 11) is 0. The van der Waals surface area contributed by atoms with Crippen LogP contribution in [-0.2, 0) is 6.54 Å². The van der Waals surface area contributed by atoms with E-state index in [-0.39, 0.29) is 0 Å². The van der Waals surface area contributed by atoms with Gasteiger partial charge >= 0.3 is 0 Å². The summed E-state index contributed by atoms with van der Waals surface area (Å²) in [6, 6.07) is 0. The molecule has 2 rings (SSSR count). The third-order valence-corrected chi connectivity index (χ3v) is 3.55. The van der Waals surface area contributed by atoms with E-state index < -0.39 is 0 Å². The molecule has 0 amide bonds. The quantitative estimate of drug-likeness (QED) is 0.782. The highest BCUT2D eigenvalue weighted by atomic mass is 16.5. The van der Waals surface area contributed by atoms with Gasteiger partial charge in [-0.25, -0.2) is 0 Å². The van der Waals surface area contributed by atoms with Crippen molar-refractivity contribution >= 4 is 0 Å². The van der Waals surface area contributed by atoms with E-state index in [4.69, 9.17) is 4.74 Å². The fraction of sp³-hybridized carbons (Fsp3) is 0.769. The van der Waals surface area contributed by atoms with Crippen molar-refractivity contribution in [3.8, 4) is 5.75 Å². The van der Waals surface area contributed by atoms with Crippen LogP contribution in [0.2, 0.25) is 0 Å². The van der Waals surface area contributed by atoms with Gasteiger partial charge in [-0.2, -0.15) is 5.10 Å². The van der Waals surface area contributed by atoms with E-state index in [1.54, 1.807) is 0 Å². The molecule has 1 aromatic rings. The summed E-state index contributed by atoms with van der Waals surface area (Å²) in [6.07, 6.45) is 10.6. The fourth-order valence-electron chi connectivity index (χ4n) is 2.49. The van der Waals surface area contributed by atoms with Gasteiger partial charge in [0.25, 0.3) is 0 Å². The molecule has 0 spiro atoms. The van der Waals surface area contributed by atoms with Crippen LogP contribution in [0.4, 0.5) is 0 Å². The van der Waals surface area contributed by atoms with Crippen molar-refractivity contribution < 1.29 is 4.74 Å². The zero-order valence-corrected chi connectivity index (χ0v) is 10.4. The maximum Gasteiger partial charge on any atom is 0.157 e. The Morgan fingerprint density at radius 3 is 3.00 bits per heavy atom. The van der Waals surface area contributed by atoms with Gasteiger partial charge in [-0.1, -0.05) is 19.8 Å². The minimum atomic E-state index is 0.410. The van der Waals surface area contributed by atoms with Gasteiger partial charge in [0.1, 0.15) is 0 Å². The SMILES string of the molecule is CCC1CCCC(Oc2cnn(CC)c2)C1. The van der Waals surface area contributed by atoms with E-state index >= 15 is 0 Å². The molecular weight excluding hydrogens is 200 g/mol. The number of hydrogen-bond donors (Lipinski definition) is 0. The molecule has 0 saturated heterocycles. The molecule has 0 bridgehead atoms. The van der Waals surface area contributed by atoms with Crippen LogP contribution < -0.4 is 4.74 Å². The first-order valence-electron chi connectivity index (χ1n) is 6.51. The second-order valence-electron chi connectivity index (χ2n) is 4.71. The number of rotatable bonds is 4. The topological polar surface area (TPSA) is 27.1 Å². The largest absolute Gasteiger partial charge is 0.487 e. The lowest BCUT2D eigenvalue weighted by molar-refractivity contribution is 0.122. The lowest BCUT2D eigenvalue weighted by Crippen LogP contribution is -2.24. The third kappa shape index (κ3) is 2.77. The molecule has 16 heavy (non-hydrogen) atoms. The molecule has 2 atom stereocenters. The normalized spacial score (nSPS) is 25.6. The van der Waals surface area contributed by atoms with Crippen LogP contribution in [0, 0.1) is 5.92 Å². The summed E-state index contributed by atoms with van der Waals surface area (Å²) in [5.74, 6) is 1.79. The smallest absolute Gasteiger partial charge is 0.157 e. The van der Waals surface area contributed by atoms with Crippen molar-refractivity contribution in [1.29, 1.82) is 0 Å². The second-order valence-corrected chi connectivity index (χ2v) is 4.71. The third-order valence-electron chi connectivity index (χ3n) is 3.55. The van der Waals surface area contributed by atoms with Gasteiger partial charge in [-0.3, -0.25) is 4.68 Å². The Bertz CT molecular complexity index is 321. The standard InChI is InChI=1S/C13H22N2O/c1-3-11-6-5-7-12(8-11)16-13-9-14-15(4-2)10-13/h9-12H,3-8H2,1-2H3. The molecule has 1 heterocycles. The Balaban J connectivity index is 1.88. The van der Waals surface area contributed by atoms with E-state index in [1.807, 2.05) is 17.1 Å². The van der Waals surface area contributed by atoms with Crippen LogP contribution in [0.3, 0.4) is 0 Å². The van der Waals surface area contributed by atoms with Crippen LogP contribution in [0.15, 0.2) is 12.4 Å². The van der Waals surface area contributed by atoms with Crippen LogP contribution in [0.5, 0.6) is 5.75 Å². The van der Waals surface area contributed by atoms with E-state index in [0.717, 1.165) is 18.2 Å². The maximum atomic E-state index is 5.99. The number of ether oxygens (including phenoxy) is 1. The molecule has 2 unspecified atom stereocenters. The Hall–Kier alpha value is -0.990. The summed E-state index contributed by atoms with van der Waals surface area (Å²) in [6.45, 7) is 5.28. The summed E-state index contributed by atoms with van der Waals surface area (Å²) in [4.78, 5) is 0. The van der Waals surface area contributed by atoms with E-state index in [9.17, 15) is 0 Å². The summed E-state index contributed by atoms with van der Waals surface area (Å²) < 4.78 is 7.90. The van der Waals surface area contributed by atoms with E-state index in [0.29, 0.717) is 6.10 Å². The highest BCUT2D eigenvalue weighted by Crippen LogP contribution is 2.29. The first-order valence-corrected chi connectivity index (χ1v) is 6.51. The highest BCUT2D eigenvalue weighted by molar-refractivity contribution is 5.12. The van der Waals surface area contributed by atoms with Crippen LogP contribution in [0.25, 0.3) is 0 Å². The fourth-order valence-corrected chi connectivity index (χ4v) is 2.49. The van der Waals surface area contributed by atoms with Crippen molar-refractivity contribution in [2.75, 3.05) is 0 Å². The molecule has 1 fully saturated rings. The van der Waals surface area contributed by atoms with Crippen LogP contribution in [0.1, 0.15) is 46.0 Å². The Labute approximate surface area is 97.8 Å². The van der Waals surface area contributed by atoms with Gasteiger partial charge in [0, 0.05) is 6.54 Å². The van der Waals surface area contributed by atoms with Gasteiger partial charge in [-0.05, 0) is 32.1 Å². The lowest BCUT2D eigenvalue weighted by atomic mass is 9.85. The summed E-state index contributed by atoms with van der Waals surface area (Å²) >= 11 is 0. The molecule has 90 valence electrons. The predicted octanol–water partition coefficient (Wildman–Crippen LogP) is 3.25. The van der Waals surface area contributed by atoms with Crippen LogP contribution in [-0.4, -0.2) is 15.9 Å². The van der Waals surface area contributed by atoms with Gasteiger partial charge < -0.3 is 4.74 Å². The molecule has 1 aliphatic rings. The van der Waals surface area contributed by atoms with Gasteiger partial charge in [0.15, 0.2) is 5.75 Å². The molecule has 1 aliphatic carbocycles. The zero-order chi connectivity index (χ0) is 11.4. The minimum Gasteiger partial charge on any atom is -0.487 e. The van der Waals surface area contributed by atoms with Gasteiger partial charge in [0.2, 0.25) is 0 Å². The molecule has 3 heteroatoms. The van der Waals surface area contributed by atoms with Crippen molar-refractivity contribution in [1.82, 2.24) is 9.78 Å². The lowest BCUT2D eigenvalue weighted by Gasteiger charge is -2.28. The molecule has 0 N–H and O–H groups in total. The average Bonchev–Trinajstić information content (AvgIpc) is 2.77. The Morgan fingerprint density at radius 1 is 1.44 bits per heavy atom. The van der Waals surface area contributed by atoms with Crippen LogP contribution >= 0.6 is 0 Å². The monoisotopic (exact) mass is 222 g/mol. The Kier molecular flexibility index (Phi) is 3.86. The zero-order valence-electron chi connectivity index (χ0n) is 10.4. The Morgan fingerprint density at radius 2 is 2.31 bits per heavy atom. The molecule has 1 aromatic heterocycles. The average molecular weight is 222 g/mol. The van der Waals surface area contributed by atoms with E-state index in [2.05, 4.69) is 18.9 Å². The van der Waals surface area contributed by atoms with Gasteiger partial charge in [-0.15, -0.1) is 0 Å². The van der Waals surface area contributed by atoms with Crippen molar-refractivity contribution in [2.45, 2.75) is 58.6 Å². The number of nitrogens with zero attached hydrogens (tertiary/aromatic N) is 2. The molecular formula is C13H22N2O. The van der Waals surface area contributed by atoms with Gasteiger partial charge in [0.05, 0.1) is 18.5 Å². The minimum absolute atomic E-state index is 0.410. The first kappa shape index (κ1) is 11.5. The predicted molar refractivity (Wildman–Crippen MR) is 64.6 cm³/mol. The molecule has 0 aromatic carbocycles. The summed E-state index contributed by atoms with van der Waals surface area (Å²) in [5, 5.41) is 4.23. The first-order chi connectivity index (χ1) is 7.81. The molecule has 1 saturated carbocycles. The van der Waals surface area contributed by atoms with Crippen molar-refractivity contribution in [3.05, 3.63) is 12.4 Å². The molecule has 0 radical (unpaired) electrons. The van der Waals surface area contributed by atoms with Crippen molar-refractivity contribution in [2.24, 2.45) is 5.92 Å². The second kappa shape index (κ2) is 5.37. The van der Waals surface area contributed by atoms with E-state index in [1.165, 1.54) is 32.1 Å². The number of aromatic nitrogens is 2.